The number of carboxylic acids is 1. The average molecular weight is 507 g/mol. The third-order valence-electron chi connectivity index (χ3n) is 7.26. The zero-order chi connectivity index (χ0) is 26.4. The number of benzene rings is 2. The molecule has 0 saturated heterocycles. The summed E-state index contributed by atoms with van der Waals surface area (Å²) in [6.07, 6.45) is 4.59. The Hall–Kier alpha value is -3.45. The molecule has 0 amide bonds. The van der Waals surface area contributed by atoms with Crippen LogP contribution in [-0.2, 0) is 30.7 Å². The second kappa shape index (κ2) is 12.2. The summed E-state index contributed by atoms with van der Waals surface area (Å²) in [7, 11) is 0. The summed E-state index contributed by atoms with van der Waals surface area (Å²) in [5, 5.41) is 29.5. The van der Waals surface area contributed by atoms with E-state index in [-0.39, 0.29) is 24.2 Å². The largest absolute Gasteiger partial charge is 0.494 e. The number of nitrogens with zero attached hydrogens (tertiary/aromatic N) is 2. The van der Waals surface area contributed by atoms with Crippen molar-refractivity contribution < 1.29 is 24.9 Å². The number of aromatic hydroxyl groups is 2. The molecule has 0 saturated carbocycles. The van der Waals surface area contributed by atoms with E-state index in [0.29, 0.717) is 19.7 Å². The van der Waals surface area contributed by atoms with Crippen LogP contribution in [0.4, 0.5) is 0 Å². The molecule has 3 N–H and O–H groups in total. The first kappa shape index (κ1) is 26.6. The standard InChI is InChI=1S/C30H38N2O5/c1-3-4-14-31(26(19-30(35)36)24-9-10-27-25(18-24)13-16-37-27)20-22-7-8-23(21(2)17-22)6-5-15-32-28(33)11-12-29(32)34/h7-12,17-18,26,33-34H,3-6,13-16,19-20H2,1-2H3,(H,35,36). The molecule has 37 heavy (non-hydrogen) atoms. The Balaban J connectivity index is 1.49. The zero-order valence-electron chi connectivity index (χ0n) is 21.8. The van der Waals surface area contributed by atoms with Crippen LogP contribution >= 0.6 is 0 Å². The molecule has 1 atom stereocenters. The molecular weight excluding hydrogens is 468 g/mol. The lowest BCUT2D eigenvalue weighted by Crippen LogP contribution is -2.31. The van der Waals surface area contributed by atoms with Gasteiger partial charge in [-0.05, 0) is 66.6 Å². The summed E-state index contributed by atoms with van der Waals surface area (Å²) in [5.74, 6) is 0.257. The van der Waals surface area contributed by atoms with E-state index in [4.69, 9.17) is 4.74 Å². The van der Waals surface area contributed by atoms with Crippen LogP contribution in [0.2, 0.25) is 0 Å². The van der Waals surface area contributed by atoms with Gasteiger partial charge >= 0.3 is 5.97 Å². The number of fused-ring (bicyclic) bond motifs is 1. The van der Waals surface area contributed by atoms with Crippen molar-refractivity contribution >= 4 is 5.97 Å². The molecule has 7 heteroatoms. The Bertz CT molecular complexity index is 1200. The minimum Gasteiger partial charge on any atom is -0.494 e. The highest BCUT2D eigenvalue weighted by Gasteiger charge is 2.25. The molecule has 1 aliphatic heterocycles. The number of aliphatic carboxylic acids is 1. The highest BCUT2D eigenvalue weighted by Crippen LogP contribution is 2.33. The van der Waals surface area contributed by atoms with Gasteiger partial charge in [0.25, 0.3) is 0 Å². The fourth-order valence-electron chi connectivity index (χ4n) is 5.22. The summed E-state index contributed by atoms with van der Waals surface area (Å²) >= 11 is 0. The van der Waals surface area contributed by atoms with Gasteiger partial charge in [-0.3, -0.25) is 14.3 Å². The van der Waals surface area contributed by atoms with E-state index in [1.165, 1.54) is 27.8 Å². The number of aromatic nitrogens is 1. The fourth-order valence-corrected chi connectivity index (χ4v) is 5.22. The first-order valence-electron chi connectivity index (χ1n) is 13.2. The molecular formula is C30H38N2O5. The molecule has 3 aromatic rings. The first-order chi connectivity index (χ1) is 17.9. The maximum atomic E-state index is 11.9. The predicted octanol–water partition coefficient (Wildman–Crippen LogP) is 5.59. The summed E-state index contributed by atoms with van der Waals surface area (Å²) in [4.78, 5) is 14.2. The highest BCUT2D eigenvalue weighted by molar-refractivity contribution is 5.68. The fraction of sp³-hybridized carbons (Fsp3) is 0.433. The molecule has 2 aromatic carbocycles. The van der Waals surface area contributed by atoms with Crippen molar-refractivity contribution in [3.63, 3.8) is 0 Å². The Morgan fingerprint density at radius 1 is 1.08 bits per heavy atom. The van der Waals surface area contributed by atoms with E-state index in [2.05, 4.69) is 43.0 Å². The van der Waals surface area contributed by atoms with Crippen molar-refractivity contribution in [2.75, 3.05) is 13.2 Å². The highest BCUT2D eigenvalue weighted by atomic mass is 16.5. The first-order valence-corrected chi connectivity index (χ1v) is 13.2. The average Bonchev–Trinajstić information content (AvgIpc) is 3.47. The van der Waals surface area contributed by atoms with E-state index < -0.39 is 5.97 Å². The Labute approximate surface area is 218 Å². The van der Waals surface area contributed by atoms with Gasteiger partial charge in [0.15, 0.2) is 11.8 Å². The van der Waals surface area contributed by atoms with E-state index in [1.54, 1.807) is 0 Å². The number of rotatable bonds is 13. The van der Waals surface area contributed by atoms with Crippen LogP contribution in [0.1, 0.15) is 66.5 Å². The Morgan fingerprint density at radius 3 is 2.57 bits per heavy atom. The van der Waals surface area contributed by atoms with E-state index in [1.807, 2.05) is 12.1 Å². The Morgan fingerprint density at radius 2 is 1.86 bits per heavy atom. The van der Waals surface area contributed by atoms with Crippen molar-refractivity contribution in [2.45, 2.75) is 71.5 Å². The minimum absolute atomic E-state index is 0.0551. The quantitative estimate of drug-likeness (QED) is 0.280. The van der Waals surface area contributed by atoms with Crippen LogP contribution in [0.3, 0.4) is 0 Å². The van der Waals surface area contributed by atoms with Gasteiger partial charge in [0.1, 0.15) is 5.75 Å². The third-order valence-corrected chi connectivity index (χ3v) is 7.26. The van der Waals surface area contributed by atoms with Crippen molar-refractivity contribution in [3.05, 3.63) is 76.3 Å². The van der Waals surface area contributed by atoms with Crippen LogP contribution in [0.15, 0.2) is 48.5 Å². The summed E-state index contributed by atoms with van der Waals surface area (Å²) < 4.78 is 7.17. The maximum Gasteiger partial charge on any atom is 0.305 e. The summed E-state index contributed by atoms with van der Waals surface area (Å²) in [6, 6.07) is 15.4. The second-order valence-corrected chi connectivity index (χ2v) is 9.97. The lowest BCUT2D eigenvalue weighted by Gasteiger charge is -2.32. The SMILES string of the molecule is CCCCN(Cc1ccc(CCCn2c(O)ccc2O)c(C)c1)C(CC(=O)O)c1ccc2c(c1)CCO2. The van der Waals surface area contributed by atoms with Gasteiger partial charge in [-0.2, -0.15) is 0 Å². The van der Waals surface area contributed by atoms with Crippen molar-refractivity contribution in [3.8, 4) is 17.5 Å². The van der Waals surface area contributed by atoms with E-state index in [9.17, 15) is 20.1 Å². The van der Waals surface area contributed by atoms with Crippen LogP contribution in [0.5, 0.6) is 17.5 Å². The molecule has 2 heterocycles. The minimum atomic E-state index is -0.797. The van der Waals surface area contributed by atoms with Crippen molar-refractivity contribution in [1.29, 1.82) is 0 Å². The number of aryl methyl sites for hydroxylation is 2. The Kier molecular flexibility index (Phi) is 8.77. The van der Waals surface area contributed by atoms with Gasteiger partial charge in [0.2, 0.25) is 0 Å². The number of carbonyl (C=O) groups is 1. The van der Waals surface area contributed by atoms with Gasteiger partial charge in [-0.15, -0.1) is 0 Å². The lowest BCUT2D eigenvalue weighted by atomic mass is 9.96. The molecule has 0 bridgehead atoms. The van der Waals surface area contributed by atoms with Gasteiger partial charge < -0.3 is 20.1 Å². The van der Waals surface area contributed by atoms with Gasteiger partial charge in [-0.25, -0.2) is 0 Å². The monoisotopic (exact) mass is 506 g/mol. The second-order valence-electron chi connectivity index (χ2n) is 9.97. The van der Waals surface area contributed by atoms with Crippen LogP contribution < -0.4 is 4.74 Å². The van der Waals surface area contributed by atoms with Crippen molar-refractivity contribution in [1.82, 2.24) is 9.47 Å². The molecule has 0 radical (unpaired) electrons. The number of ether oxygens (including phenoxy) is 1. The molecule has 1 aliphatic rings. The molecule has 7 nitrogen and oxygen atoms in total. The summed E-state index contributed by atoms with van der Waals surface area (Å²) in [6.45, 7) is 6.99. The smallest absolute Gasteiger partial charge is 0.305 e. The molecule has 0 aliphatic carbocycles. The topological polar surface area (TPSA) is 95.2 Å². The number of carboxylic acid groups (broad SMARTS) is 1. The summed E-state index contributed by atoms with van der Waals surface area (Å²) in [5.41, 5.74) is 5.78. The van der Waals surface area contributed by atoms with Gasteiger partial charge in [0.05, 0.1) is 13.0 Å². The van der Waals surface area contributed by atoms with Gasteiger partial charge in [-0.1, -0.05) is 43.7 Å². The van der Waals surface area contributed by atoms with Gasteiger partial charge in [0, 0.05) is 37.7 Å². The predicted molar refractivity (Wildman–Crippen MR) is 143 cm³/mol. The molecule has 4 rings (SSSR count). The number of hydrogen-bond donors (Lipinski definition) is 3. The molecule has 0 spiro atoms. The van der Waals surface area contributed by atoms with Crippen LogP contribution in [0.25, 0.3) is 0 Å². The number of hydrogen-bond acceptors (Lipinski definition) is 5. The van der Waals surface area contributed by atoms with E-state index >= 15 is 0 Å². The van der Waals surface area contributed by atoms with E-state index in [0.717, 1.165) is 61.1 Å². The number of unbranched alkanes of at least 4 members (excludes halogenated alkanes) is 1. The zero-order valence-corrected chi connectivity index (χ0v) is 21.8. The van der Waals surface area contributed by atoms with Crippen molar-refractivity contribution in [2.24, 2.45) is 0 Å². The van der Waals surface area contributed by atoms with Crippen LogP contribution in [-0.4, -0.2) is 43.9 Å². The molecule has 0 fully saturated rings. The molecule has 1 unspecified atom stereocenters. The third kappa shape index (κ3) is 6.66. The normalized spacial score (nSPS) is 13.5. The lowest BCUT2D eigenvalue weighted by molar-refractivity contribution is -0.138. The maximum absolute atomic E-state index is 11.9. The molecule has 198 valence electrons. The molecule has 1 aromatic heterocycles. The van der Waals surface area contributed by atoms with Crippen LogP contribution in [0, 0.1) is 6.92 Å².